The average Bonchev–Trinajstić information content (AvgIpc) is 3.07. The smallest absolute Gasteiger partial charge is 0.237 e. The van der Waals surface area contributed by atoms with E-state index in [4.69, 9.17) is 4.74 Å². The van der Waals surface area contributed by atoms with Gasteiger partial charge in [-0.25, -0.2) is 4.98 Å². The van der Waals surface area contributed by atoms with Crippen LogP contribution in [-0.2, 0) is 9.53 Å². The standard InChI is InChI=1S/C17H26N4O3/c1-24-15-10-14(13-22)21(11-15)17(23)12-19-6-8-20(9-7-19)16-4-2-3-5-18-16/h2-5,14-15,22H,6-13H2,1H3/t14-,15+/m0/s1. The van der Waals surface area contributed by atoms with Crippen molar-refractivity contribution in [3.8, 4) is 0 Å². The molecule has 132 valence electrons. The highest BCUT2D eigenvalue weighted by Crippen LogP contribution is 2.20. The molecule has 7 heteroatoms. The molecule has 2 fully saturated rings. The molecule has 0 spiro atoms. The first-order valence-corrected chi connectivity index (χ1v) is 8.52. The number of carbonyl (C=O) groups excluding carboxylic acids is 1. The van der Waals surface area contributed by atoms with Crippen LogP contribution in [0.1, 0.15) is 6.42 Å². The summed E-state index contributed by atoms with van der Waals surface area (Å²) in [5.41, 5.74) is 0. The SMILES string of the molecule is CO[C@@H]1C[C@@H](CO)N(C(=O)CN2CCN(c3ccccn3)CC2)C1. The monoisotopic (exact) mass is 334 g/mol. The lowest BCUT2D eigenvalue weighted by atomic mass is 10.2. The molecule has 0 aliphatic carbocycles. The average molecular weight is 334 g/mol. The maximum Gasteiger partial charge on any atom is 0.237 e. The van der Waals surface area contributed by atoms with Crippen molar-refractivity contribution in [2.24, 2.45) is 0 Å². The zero-order valence-corrected chi connectivity index (χ0v) is 14.2. The molecule has 2 saturated heterocycles. The Hall–Kier alpha value is -1.70. The van der Waals surface area contributed by atoms with E-state index in [0.717, 1.165) is 32.0 Å². The molecular formula is C17H26N4O3. The Balaban J connectivity index is 1.50. The summed E-state index contributed by atoms with van der Waals surface area (Å²) >= 11 is 0. The van der Waals surface area contributed by atoms with E-state index >= 15 is 0 Å². The number of ether oxygens (including phenoxy) is 1. The van der Waals surface area contributed by atoms with E-state index in [2.05, 4.69) is 14.8 Å². The molecule has 0 saturated carbocycles. The maximum atomic E-state index is 12.6. The van der Waals surface area contributed by atoms with Crippen LogP contribution in [-0.4, -0.2) is 90.9 Å². The predicted molar refractivity (Wildman–Crippen MR) is 90.9 cm³/mol. The molecule has 7 nitrogen and oxygen atoms in total. The Morgan fingerprint density at radius 3 is 2.75 bits per heavy atom. The maximum absolute atomic E-state index is 12.6. The lowest BCUT2D eigenvalue weighted by molar-refractivity contribution is -0.134. The van der Waals surface area contributed by atoms with Gasteiger partial charge in [-0.2, -0.15) is 0 Å². The lowest BCUT2D eigenvalue weighted by Crippen LogP contribution is -2.51. The second kappa shape index (κ2) is 7.92. The number of methoxy groups -OCH3 is 1. The minimum absolute atomic E-state index is 0.000938. The summed E-state index contributed by atoms with van der Waals surface area (Å²) in [6.45, 7) is 4.40. The van der Waals surface area contributed by atoms with Crippen LogP contribution in [0, 0.1) is 0 Å². The fourth-order valence-corrected chi connectivity index (χ4v) is 3.48. The van der Waals surface area contributed by atoms with Gasteiger partial charge in [-0.05, 0) is 18.6 Å². The highest BCUT2D eigenvalue weighted by molar-refractivity contribution is 5.79. The molecular weight excluding hydrogens is 308 g/mol. The van der Waals surface area contributed by atoms with Gasteiger partial charge in [-0.1, -0.05) is 6.07 Å². The van der Waals surface area contributed by atoms with Crippen molar-refractivity contribution >= 4 is 11.7 Å². The van der Waals surface area contributed by atoms with E-state index in [-0.39, 0.29) is 24.7 Å². The minimum Gasteiger partial charge on any atom is -0.394 e. The Kier molecular flexibility index (Phi) is 5.65. The van der Waals surface area contributed by atoms with Gasteiger partial charge in [0.1, 0.15) is 5.82 Å². The highest BCUT2D eigenvalue weighted by atomic mass is 16.5. The number of aliphatic hydroxyl groups is 1. The van der Waals surface area contributed by atoms with Crippen LogP contribution in [0.15, 0.2) is 24.4 Å². The number of amides is 1. The summed E-state index contributed by atoms with van der Waals surface area (Å²) in [6.07, 6.45) is 2.55. The van der Waals surface area contributed by atoms with Gasteiger partial charge in [0.25, 0.3) is 0 Å². The number of hydrogen-bond donors (Lipinski definition) is 1. The molecule has 2 aliphatic heterocycles. The fourth-order valence-electron chi connectivity index (χ4n) is 3.48. The van der Waals surface area contributed by atoms with Crippen molar-refractivity contribution in [3.05, 3.63) is 24.4 Å². The number of hydrogen-bond acceptors (Lipinski definition) is 6. The number of aromatic nitrogens is 1. The van der Waals surface area contributed by atoms with Crippen LogP contribution in [0.25, 0.3) is 0 Å². The normalized spacial score (nSPS) is 25.2. The fraction of sp³-hybridized carbons (Fsp3) is 0.647. The molecule has 1 aromatic heterocycles. The molecule has 0 bridgehead atoms. The van der Waals surface area contributed by atoms with E-state index in [1.54, 1.807) is 18.2 Å². The van der Waals surface area contributed by atoms with Crippen LogP contribution in [0.5, 0.6) is 0 Å². The van der Waals surface area contributed by atoms with Crippen molar-refractivity contribution in [2.45, 2.75) is 18.6 Å². The zero-order chi connectivity index (χ0) is 16.9. The van der Waals surface area contributed by atoms with Crippen molar-refractivity contribution < 1.29 is 14.6 Å². The van der Waals surface area contributed by atoms with Gasteiger partial charge in [-0.15, -0.1) is 0 Å². The van der Waals surface area contributed by atoms with E-state index in [9.17, 15) is 9.90 Å². The van der Waals surface area contributed by atoms with Crippen LogP contribution in [0.2, 0.25) is 0 Å². The van der Waals surface area contributed by atoms with E-state index < -0.39 is 0 Å². The number of nitrogens with zero attached hydrogens (tertiary/aromatic N) is 4. The number of anilines is 1. The van der Waals surface area contributed by atoms with Gasteiger partial charge in [0.05, 0.1) is 25.3 Å². The third-order valence-electron chi connectivity index (χ3n) is 4.94. The van der Waals surface area contributed by atoms with Gasteiger partial charge in [0.15, 0.2) is 0 Å². The summed E-state index contributed by atoms with van der Waals surface area (Å²) < 4.78 is 5.34. The molecule has 1 amide bonds. The third kappa shape index (κ3) is 3.85. The van der Waals surface area contributed by atoms with Crippen molar-refractivity contribution in [2.75, 3.05) is 57.9 Å². The topological polar surface area (TPSA) is 69.1 Å². The number of pyridine rings is 1. The summed E-state index contributed by atoms with van der Waals surface area (Å²) in [6, 6.07) is 5.81. The van der Waals surface area contributed by atoms with Gasteiger partial charge < -0.3 is 19.6 Å². The van der Waals surface area contributed by atoms with Gasteiger partial charge in [0, 0.05) is 46.0 Å². The summed E-state index contributed by atoms with van der Waals surface area (Å²) in [4.78, 5) is 23.2. The van der Waals surface area contributed by atoms with Gasteiger partial charge >= 0.3 is 0 Å². The summed E-state index contributed by atoms with van der Waals surface area (Å²) in [7, 11) is 1.66. The van der Waals surface area contributed by atoms with E-state index in [1.165, 1.54) is 0 Å². The predicted octanol–water partition coefficient (Wildman–Crippen LogP) is -0.188. The Morgan fingerprint density at radius 1 is 1.33 bits per heavy atom. The van der Waals surface area contributed by atoms with Gasteiger partial charge in [0.2, 0.25) is 5.91 Å². The molecule has 1 aromatic rings. The first-order chi connectivity index (χ1) is 11.7. The van der Waals surface area contributed by atoms with Crippen molar-refractivity contribution in [1.82, 2.24) is 14.8 Å². The van der Waals surface area contributed by atoms with Gasteiger partial charge in [-0.3, -0.25) is 9.69 Å². The molecule has 0 unspecified atom stereocenters. The molecule has 2 atom stereocenters. The number of carbonyl (C=O) groups is 1. The molecule has 24 heavy (non-hydrogen) atoms. The third-order valence-corrected chi connectivity index (χ3v) is 4.94. The Bertz CT molecular complexity index is 534. The molecule has 0 radical (unpaired) electrons. The van der Waals surface area contributed by atoms with Crippen LogP contribution in [0.4, 0.5) is 5.82 Å². The van der Waals surface area contributed by atoms with Crippen molar-refractivity contribution in [3.63, 3.8) is 0 Å². The second-order valence-electron chi connectivity index (χ2n) is 6.43. The second-order valence-corrected chi connectivity index (χ2v) is 6.43. The number of aliphatic hydroxyl groups excluding tert-OH is 1. The van der Waals surface area contributed by atoms with E-state index in [0.29, 0.717) is 19.5 Å². The first-order valence-electron chi connectivity index (χ1n) is 8.52. The lowest BCUT2D eigenvalue weighted by Gasteiger charge is -2.36. The quantitative estimate of drug-likeness (QED) is 0.805. The zero-order valence-electron chi connectivity index (χ0n) is 14.2. The van der Waals surface area contributed by atoms with Crippen LogP contribution >= 0.6 is 0 Å². The number of likely N-dealkylation sites (tertiary alicyclic amines) is 1. The Morgan fingerprint density at radius 2 is 2.12 bits per heavy atom. The molecule has 2 aliphatic rings. The van der Waals surface area contributed by atoms with Crippen LogP contribution < -0.4 is 4.90 Å². The largest absolute Gasteiger partial charge is 0.394 e. The highest BCUT2D eigenvalue weighted by Gasteiger charge is 2.35. The van der Waals surface area contributed by atoms with E-state index in [1.807, 2.05) is 18.2 Å². The summed E-state index contributed by atoms with van der Waals surface area (Å²) in [5.74, 6) is 1.08. The number of rotatable bonds is 5. The first kappa shape index (κ1) is 17.1. The molecule has 1 N–H and O–H groups in total. The molecule has 0 aromatic carbocycles. The van der Waals surface area contributed by atoms with Crippen molar-refractivity contribution in [1.29, 1.82) is 0 Å². The van der Waals surface area contributed by atoms with Crippen LogP contribution in [0.3, 0.4) is 0 Å². The molecule has 3 rings (SSSR count). The minimum atomic E-state index is -0.114. The Labute approximate surface area is 142 Å². The molecule has 3 heterocycles. The number of piperazine rings is 1. The summed E-state index contributed by atoms with van der Waals surface area (Å²) in [5, 5.41) is 9.49.